The molecule has 2 aromatic carbocycles. The van der Waals surface area contributed by atoms with Crippen molar-refractivity contribution in [3.05, 3.63) is 39.9 Å². The number of phenols is 1. The lowest BCUT2D eigenvalue weighted by Crippen LogP contribution is -1.95. The number of halogens is 1. The maximum absolute atomic E-state index is 10.0. The van der Waals surface area contributed by atoms with Crippen LogP contribution in [0.4, 0.5) is 0 Å². The van der Waals surface area contributed by atoms with Crippen molar-refractivity contribution in [2.24, 2.45) is 0 Å². The lowest BCUT2D eigenvalue weighted by Gasteiger charge is -2.13. The van der Waals surface area contributed by atoms with E-state index in [1.807, 2.05) is 30.4 Å². The first kappa shape index (κ1) is 18.0. The number of benzene rings is 2. The maximum atomic E-state index is 10.0. The summed E-state index contributed by atoms with van der Waals surface area (Å²) in [6.45, 7) is 0. The number of hydrogen-bond donors (Lipinski definition) is 1. The third-order valence-electron chi connectivity index (χ3n) is 3.47. The van der Waals surface area contributed by atoms with Crippen molar-refractivity contribution in [3.8, 4) is 28.7 Å². The Hall–Kier alpha value is -2.34. The van der Waals surface area contributed by atoms with Gasteiger partial charge in [-0.1, -0.05) is 12.2 Å². The first-order valence-electron chi connectivity index (χ1n) is 7.09. The van der Waals surface area contributed by atoms with Gasteiger partial charge in [-0.2, -0.15) is 0 Å². The minimum Gasteiger partial charge on any atom is -0.503 e. The van der Waals surface area contributed by atoms with Crippen LogP contribution in [0.3, 0.4) is 0 Å². The summed E-state index contributed by atoms with van der Waals surface area (Å²) in [6, 6.07) is 7.23. The minimum absolute atomic E-state index is 0.0598. The van der Waals surface area contributed by atoms with Gasteiger partial charge in [0.1, 0.15) is 0 Å². The van der Waals surface area contributed by atoms with Gasteiger partial charge in [0.25, 0.3) is 0 Å². The van der Waals surface area contributed by atoms with Crippen molar-refractivity contribution in [3.63, 3.8) is 0 Å². The molecule has 0 unspecified atom stereocenters. The molecule has 0 aliphatic heterocycles. The van der Waals surface area contributed by atoms with Crippen LogP contribution in [0.5, 0.6) is 28.7 Å². The first-order valence-corrected chi connectivity index (χ1v) is 7.88. The second-order valence-electron chi connectivity index (χ2n) is 4.81. The second kappa shape index (κ2) is 7.97. The van der Waals surface area contributed by atoms with Gasteiger partial charge in [0, 0.05) is 0 Å². The molecular formula is C18H19BrO5. The van der Waals surface area contributed by atoms with Crippen molar-refractivity contribution in [1.29, 1.82) is 0 Å². The molecule has 2 rings (SSSR count). The molecule has 0 saturated heterocycles. The zero-order valence-electron chi connectivity index (χ0n) is 13.9. The van der Waals surface area contributed by atoms with E-state index in [1.54, 1.807) is 27.4 Å². The van der Waals surface area contributed by atoms with Gasteiger partial charge in [0.15, 0.2) is 23.0 Å². The minimum atomic E-state index is 0.0598. The van der Waals surface area contributed by atoms with Crippen LogP contribution in [0, 0.1) is 0 Å². The SMILES string of the molecule is COc1ccc(/C=C\c2cc(OC)c(OC)c(OC)c2)c(Br)c1O. The number of methoxy groups -OCH3 is 4. The Bertz CT molecular complexity index is 730. The van der Waals surface area contributed by atoms with Crippen molar-refractivity contribution in [1.82, 2.24) is 0 Å². The van der Waals surface area contributed by atoms with Gasteiger partial charge in [0.05, 0.1) is 32.9 Å². The third kappa shape index (κ3) is 3.59. The summed E-state index contributed by atoms with van der Waals surface area (Å²) < 4.78 is 21.6. The molecule has 0 bridgehead atoms. The summed E-state index contributed by atoms with van der Waals surface area (Å²) in [5, 5.41) is 10.0. The smallest absolute Gasteiger partial charge is 0.203 e. The van der Waals surface area contributed by atoms with Crippen LogP contribution in [0.25, 0.3) is 12.2 Å². The molecule has 24 heavy (non-hydrogen) atoms. The predicted octanol–water partition coefficient (Wildman–Crippen LogP) is 4.36. The molecule has 1 N–H and O–H groups in total. The van der Waals surface area contributed by atoms with E-state index in [2.05, 4.69) is 15.9 Å². The van der Waals surface area contributed by atoms with Crippen LogP contribution in [-0.2, 0) is 0 Å². The fourth-order valence-electron chi connectivity index (χ4n) is 2.24. The van der Waals surface area contributed by atoms with Crippen LogP contribution in [0.1, 0.15) is 11.1 Å². The predicted molar refractivity (Wildman–Crippen MR) is 97.4 cm³/mol. The van der Waals surface area contributed by atoms with E-state index in [4.69, 9.17) is 18.9 Å². The number of phenolic OH excluding ortho intramolecular Hbond substituents is 1. The van der Waals surface area contributed by atoms with Crippen LogP contribution in [-0.4, -0.2) is 33.5 Å². The average Bonchev–Trinajstić information content (AvgIpc) is 2.61. The summed E-state index contributed by atoms with van der Waals surface area (Å²) in [5.41, 5.74) is 1.67. The Morgan fingerprint density at radius 3 is 1.92 bits per heavy atom. The molecule has 0 heterocycles. The molecule has 0 saturated carbocycles. The van der Waals surface area contributed by atoms with Crippen molar-refractivity contribution >= 4 is 28.1 Å². The molecule has 0 aliphatic carbocycles. The molecule has 5 nitrogen and oxygen atoms in total. The molecule has 0 radical (unpaired) electrons. The highest BCUT2D eigenvalue weighted by atomic mass is 79.9. The van der Waals surface area contributed by atoms with E-state index in [9.17, 15) is 5.11 Å². The molecule has 0 spiro atoms. The van der Waals surface area contributed by atoms with E-state index in [0.29, 0.717) is 27.5 Å². The Morgan fingerprint density at radius 1 is 0.833 bits per heavy atom. The third-order valence-corrected chi connectivity index (χ3v) is 4.30. The fourth-order valence-corrected chi connectivity index (χ4v) is 2.70. The van der Waals surface area contributed by atoms with E-state index >= 15 is 0 Å². The first-order chi connectivity index (χ1) is 11.5. The van der Waals surface area contributed by atoms with E-state index < -0.39 is 0 Å². The molecular weight excluding hydrogens is 376 g/mol. The summed E-state index contributed by atoms with van der Waals surface area (Å²) >= 11 is 3.37. The van der Waals surface area contributed by atoms with E-state index in [-0.39, 0.29) is 5.75 Å². The highest BCUT2D eigenvalue weighted by molar-refractivity contribution is 9.10. The van der Waals surface area contributed by atoms with Gasteiger partial charge in [-0.15, -0.1) is 0 Å². The fraction of sp³-hybridized carbons (Fsp3) is 0.222. The lowest BCUT2D eigenvalue weighted by molar-refractivity contribution is 0.324. The van der Waals surface area contributed by atoms with Crippen LogP contribution >= 0.6 is 15.9 Å². The number of rotatable bonds is 6. The molecule has 128 valence electrons. The number of ether oxygens (including phenoxy) is 4. The molecule has 0 aliphatic rings. The van der Waals surface area contributed by atoms with Gasteiger partial charge in [0.2, 0.25) is 5.75 Å². The van der Waals surface area contributed by atoms with Crippen LogP contribution in [0.15, 0.2) is 28.7 Å². The lowest BCUT2D eigenvalue weighted by atomic mass is 10.1. The largest absolute Gasteiger partial charge is 0.503 e. The van der Waals surface area contributed by atoms with Gasteiger partial charge in [-0.05, 0) is 51.3 Å². The summed E-state index contributed by atoms with van der Waals surface area (Å²) in [7, 11) is 6.21. The Kier molecular flexibility index (Phi) is 5.98. The van der Waals surface area contributed by atoms with E-state index in [0.717, 1.165) is 11.1 Å². The Morgan fingerprint density at radius 2 is 1.42 bits per heavy atom. The summed E-state index contributed by atoms with van der Waals surface area (Å²) in [5.74, 6) is 2.16. The van der Waals surface area contributed by atoms with Gasteiger partial charge >= 0.3 is 0 Å². The van der Waals surface area contributed by atoms with E-state index in [1.165, 1.54) is 7.11 Å². The number of hydrogen-bond acceptors (Lipinski definition) is 5. The molecule has 2 aromatic rings. The van der Waals surface area contributed by atoms with Crippen LogP contribution in [0.2, 0.25) is 0 Å². The van der Waals surface area contributed by atoms with Crippen molar-refractivity contribution in [2.75, 3.05) is 28.4 Å². The zero-order chi connectivity index (χ0) is 17.7. The van der Waals surface area contributed by atoms with Crippen LogP contribution < -0.4 is 18.9 Å². The van der Waals surface area contributed by atoms with Crippen molar-refractivity contribution < 1.29 is 24.1 Å². The quantitative estimate of drug-likeness (QED) is 0.737. The Balaban J connectivity index is 2.41. The topological polar surface area (TPSA) is 57.2 Å². The van der Waals surface area contributed by atoms with Gasteiger partial charge in [-0.25, -0.2) is 0 Å². The summed E-state index contributed by atoms with van der Waals surface area (Å²) in [6.07, 6.45) is 3.75. The zero-order valence-corrected chi connectivity index (χ0v) is 15.5. The van der Waals surface area contributed by atoms with Gasteiger partial charge < -0.3 is 24.1 Å². The van der Waals surface area contributed by atoms with Gasteiger partial charge in [-0.3, -0.25) is 0 Å². The molecule has 0 atom stereocenters. The normalized spacial score (nSPS) is 10.7. The molecule has 0 fully saturated rings. The highest BCUT2D eigenvalue weighted by Gasteiger charge is 2.12. The molecule has 6 heteroatoms. The molecule has 0 aromatic heterocycles. The average molecular weight is 395 g/mol. The maximum Gasteiger partial charge on any atom is 0.203 e. The second-order valence-corrected chi connectivity index (χ2v) is 5.60. The highest BCUT2D eigenvalue weighted by Crippen LogP contribution is 2.40. The summed E-state index contributed by atoms with van der Waals surface area (Å²) in [4.78, 5) is 0. The molecule has 0 amide bonds. The standard InChI is InChI=1S/C18H19BrO5/c1-21-13-8-7-12(16(19)17(13)20)6-5-11-9-14(22-2)18(24-4)15(10-11)23-3/h5-10,20H,1-4H3/b6-5-. The Labute approximate surface area is 149 Å². The monoisotopic (exact) mass is 394 g/mol. The number of aromatic hydroxyl groups is 1. The van der Waals surface area contributed by atoms with Crippen molar-refractivity contribution in [2.45, 2.75) is 0 Å².